The summed E-state index contributed by atoms with van der Waals surface area (Å²) >= 11 is 0. The Hall–Kier alpha value is -2.69. The van der Waals surface area contributed by atoms with E-state index in [-0.39, 0.29) is 0 Å². The average Bonchev–Trinajstić information content (AvgIpc) is 2.92. The number of fused-ring (bicyclic) bond motifs is 1. The van der Waals surface area contributed by atoms with Crippen LogP contribution in [0.15, 0.2) is 42.5 Å². The molecule has 0 radical (unpaired) electrons. The van der Waals surface area contributed by atoms with Crippen LogP contribution in [0, 0.1) is 0 Å². The Kier molecular flexibility index (Phi) is 3.87. The van der Waals surface area contributed by atoms with Crippen molar-refractivity contribution in [1.82, 2.24) is 9.55 Å². The third kappa shape index (κ3) is 2.57. The van der Waals surface area contributed by atoms with Gasteiger partial charge in [-0.15, -0.1) is 0 Å². The van der Waals surface area contributed by atoms with E-state index in [0.717, 1.165) is 34.9 Å². The highest BCUT2D eigenvalue weighted by Gasteiger charge is 2.12. The van der Waals surface area contributed by atoms with Crippen molar-refractivity contribution < 1.29 is 9.47 Å². The number of hydrogen-bond acceptors (Lipinski definition) is 4. The number of hydrogen-bond donors (Lipinski definition) is 1. The zero-order valence-electron chi connectivity index (χ0n) is 12.7. The van der Waals surface area contributed by atoms with E-state index in [9.17, 15) is 0 Å². The van der Waals surface area contributed by atoms with Gasteiger partial charge in [0.2, 0.25) is 0 Å². The topological polar surface area (TPSA) is 62.3 Å². The Morgan fingerprint density at radius 1 is 1.14 bits per heavy atom. The minimum Gasteiger partial charge on any atom is -0.497 e. The molecule has 1 aromatic heterocycles. The molecule has 0 unspecified atom stereocenters. The molecule has 0 atom stereocenters. The van der Waals surface area contributed by atoms with Gasteiger partial charge in [0.1, 0.15) is 29.4 Å². The number of aromatic nitrogens is 2. The van der Waals surface area contributed by atoms with Crippen LogP contribution in [0.3, 0.4) is 0 Å². The van der Waals surface area contributed by atoms with Crippen LogP contribution < -0.4 is 15.2 Å². The number of ether oxygens (including phenoxy) is 2. The van der Waals surface area contributed by atoms with E-state index in [4.69, 9.17) is 15.2 Å². The van der Waals surface area contributed by atoms with Crippen molar-refractivity contribution in [3.8, 4) is 11.5 Å². The van der Waals surface area contributed by atoms with Crippen molar-refractivity contribution in [2.45, 2.75) is 20.1 Å². The molecule has 3 aromatic rings. The number of para-hydroxylation sites is 1. The molecule has 22 heavy (non-hydrogen) atoms. The number of nitrogens with two attached hydrogens (primary N) is 1. The fourth-order valence-electron chi connectivity index (χ4n) is 2.52. The molecule has 5 nitrogen and oxygen atoms in total. The van der Waals surface area contributed by atoms with E-state index in [1.54, 1.807) is 7.11 Å². The second-order valence-electron chi connectivity index (χ2n) is 4.95. The summed E-state index contributed by atoms with van der Waals surface area (Å²) in [5.41, 5.74) is 8.55. The summed E-state index contributed by atoms with van der Waals surface area (Å²) in [6, 6.07) is 13.4. The Morgan fingerprint density at radius 2 is 1.91 bits per heavy atom. The van der Waals surface area contributed by atoms with Gasteiger partial charge in [-0.2, -0.15) is 0 Å². The van der Waals surface area contributed by atoms with Gasteiger partial charge in [-0.1, -0.05) is 12.1 Å². The lowest BCUT2D eigenvalue weighted by Crippen LogP contribution is -2.06. The van der Waals surface area contributed by atoms with Crippen LogP contribution in [0.1, 0.15) is 12.7 Å². The molecule has 0 fully saturated rings. The van der Waals surface area contributed by atoms with Gasteiger partial charge in [0.25, 0.3) is 0 Å². The van der Waals surface area contributed by atoms with Crippen molar-refractivity contribution in [3.63, 3.8) is 0 Å². The number of anilines is 1. The molecular weight excluding hydrogens is 278 g/mol. The molecule has 1 heterocycles. The molecule has 2 N–H and O–H groups in total. The van der Waals surface area contributed by atoms with Crippen LogP contribution in [-0.2, 0) is 13.2 Å². The van der Waals surface area contributed by atoms with Gasteiger partial charge in [0, 0.05) is 12.6 Å². The second kappa shape index (κ2) is 5.97. The SMILES string of the molecule is CCn1c(COc2cccc(OC)c2)nc2c(N)cccc21. The van der Waals surface area contributed by atoms with E-state index in [0.29, 0.717) is 12.3 Å². The van der Waals surface area contributed by atoms with Crippen molar-refractivity contribution in [2.75, 3.05) is 12.8 Å². The van der Waals surface area contributed by atoms with Crippen molar-refractivity contribution in [1.29, 1.82) is 0 Å². The van der Waals surface area contributed by atoms with Gasteiger partial charge in [-0.25, -0.2) is 4.98 Å². The highest BCUT2D eigenvalue weighted by molar-refractivity contribution is 5.87. The Labute approximate surface area is 129 Å². The average molecular weight is 297 g/mol. The number of benzene rings is 2. The summed E-state index contributed by atoms with van der Waals surface area (Å²) in [5, 5.41) is 0. The maximum absolute atomic E-state index is 6.01. The Morgan fingerprint density at radius 3 is 2.68 bits per heavy atom. The third-order valence-electron chi connectivity index (χ3n) is 3.61. The summed E-state index contributed by atoms with van der Waals surface area (Å²) in [5.74, 6) is 2.38. The van der Waals surface area contributed by atoms with Crippen molar-refractivity contribution >= 4 is 16.7 Å². The molecule has 0 saturated heterocycles. The van der Waals surface area contributed by atoms with E-state index >= 15 is 0 Å². The van der Waals surface area contributed by atoms with Gasteiger partial charge >= 0.3 is 0 Å². The molecule has 0 saturated carbocycles. The lowest BCUT2D eigenvalue weighted by Gasteiger charge is -2.09. The molecule has 0 aliphatic carbocycles. The van der Waals surface area contributed by atoms with Crippen LogP contribution in [-0.4, -0.2) is 16.7 Å². The zero-order chi connectivity index (χ0) is 15.5. The summed E-state index contributed by atoms with van der Waals surface area (Å²) in [7, 11) is 1.64. The summed E-state index contributed by atoms with van der Waals surface area (Å²) in [6.45, 7) is 3.28. The fourth-order valence-corrected chi connectivity index (χ4v) is 2.52. The smallest absolute Gasteiger partial charge is 0.148 e. The molecule has 0 aliphatic rings. The molecule has 0 amide bonds. The van der Waals surface area contributed by atoms with E-state index in [2.05, 4.69) is 16.5 Å². The molecule has 0 spiro atoms. The quantitative estimate of drug-likeness (QED) is 0.734. The first-order valence-corrected chi connectivity index (χ1v) is 7.23. The minimum atomic E-state index is 0.384. The van der Waals surface area contributed by atoms with Crippen molar-refractivity contribution in [2.24, 2.45) is 0 Å². The van der Waals surface area contributed by atoms with Gasteiger partial charge in [-0.05, 0) is 31.2 Å². The first-order chi connectivity index (χ1) is 10.7. The maximum Gasteiger partial charge on any atom is 0.148 e. The third-order valence-corrected chi connectivity index (χ3v) is 3.61. The lowest BCUT2D eigenvalue weighted by atomic mass is 10.3. The van der Waals surface area contributed by atoms with E-state index in [1.807, 2.05) is 42.5 Å². The van der Waals surface area contributed by atoms with Crippen LogP contribution >= 0.6 is 0 Å². The molecule has 3 rings (SSSR count). The Bertz CT molecular complexity index is 796. The zero-order valence-corrected chi connectivity index (χ0v) is 12.7. The number of rotatable bonds is 5. The molecule has 114 valence electrons. The van der Waals surface area contributed by atoms with Crippen molar-refractivity contribution in [3.05, 3.63) is 48.3 Å². The highest BCUT2D eigenvalue weighted by atomic mass is 16.5. The van der Waals surface area contributed by atoms with Crippen LogP contribution in [0.2, 0.25) is 0 Å². The predicted octanol–water partition coefficient (Wildman–Crippen LogP) is 3.23. The number of aryl methyl sites for hydroxylation is 1. The summed E-state index contributed by atoms with van der Waals surface area (Å²) in [4.78, 5) is 4.62. The predicted molar refractivity (Wildman–Crippen MR) is 87.1 cm³/mol. The summed E-state index contributed by atoms with van der Waals surface area (Å²) < 4.78 is 13.2. The summed E-state index contributed by atoms with van der Waals surface area (Å²) in [6.07, 6.45) is 0. The Balaban J connectivity index is 1.88. The van der Waals surface area contributed by atoms with E-state index < -0.39 is 0 Å². The van der Waals surface area contributed by atoms with Gasteiger partial charge < -0.3 is 19.8 Å². The van der Waals surface area contributed by atoms with Crippen LogP contribution in [0.5, 0.6) is 11.5 Å². The lowest BCUT2D eigenvalue weighted by molar-refractivity contribution is 0.288. The van der Waals surface area contributed by atoms with Crippen LogP contribution in [0.25, 0.3) is 11.0 Å². The number of nitrogens with zero attached hydrogens (tertiary/aromatic N) is 2. The largest absolute Gasteiger partial charge is 0.497 e. The molecule has 5 heteroatoms. The van der Waals surface area contributed by atoms with Crippen LogP contribution in [0.4, 0.5) is 5.69 Å². The molecule has 0 aliphatic heterocycles. The first-order valence-electron chi connectivity index (χ1n) is 7.23. The molecule has 2 aromatic carbocycles. The van der Waals surface area contributed by atoms with Gasteiger partial charge in [0.15, 0.2) is 0 Å². The maximum atomic E-state index is 6.01. The number of imidazole rings is 1. The fraction of sp³-hybridized carbons (Fsp3) is 0.235. The normalized spacial score (nSPS) is 10.8. The van der Waals surface area contributed by atoms with E-state index in [1.165, 1.54) is 0 Å². The molecular formula is C17H19N3O2. The second-order valence-corrected chi connectivity index (χ2v) is 4.95. The standard InChI is InChI=1S/C17H19N3O2/c1-3-20-15-9-5-8-14(18)17(15)19-16(20)11-22-13-7-4-6-12(10-13)21-2/h4-10H,3,11,18H2,1-2H3. The number of nitrogen functional groups attached to an aromatic ring is 1. The first kappa shape index (κ1) is 14.3. The highest BCUT2D eigenvalue weighted by Crippen LogP contribution is 2.24. The van der Waals surface area contributed by atoms with Gasteiger partial charge in [0.05, 0.1) is 18.3 Å². The van der Waals surface area contributed by atoms with Gasteiger partial charge in [-0.3, -0.25) is 0 Å². The minimum absolute atomic E-state index is 0.384. The number of methoxy groups -OCH3 is 1. The monoisotopic (exact) mass is 297 g/mol. The molecule has 0 bridgehead atoms.